The Balaban J connectivity index is 2.02. The van der Waals surface area contributed by atoms with Crippen LogP contribution in [0, 0.1) is 0 Å². The van der Waals surface area contributed by atoms with E-state index in [1.54, 1.807) is 11.3 Å². The number of rotatable bonds is 6. The molecule has 0 unspecified atom stereocenters. The zero-order chi connectivity index (χ0) is 14.5. The van der Waals surface area contributed by atoms with E-state index in [1.807, 2.05) is 0 Å². The number of halogens is 1. The first-order valence-corrected chi connectivity index (χ1v) is 8.35. The van der Waals surface area contributed by atoms with Crippen LogP contribution in [0.15, 0.2) is 33.4 Å². The Labute approximate surface area is 133 Å². The van der Waals surface area contributed by atoms with Gasteiger partial charge in [0.25, 0.3) is 0 Å². The Bertz CT molecular complexity index is 554. The van der Waals surface area contributed by atoms with Crippen molar-refractivity contribution >= 4 is 33.1 Å². The van der Waals surface area contributed by atoms with Crippen LogP contribution in [0.3, 0.4) is 0 Å². The highest BCUT2D eigenvalue weighted by atomic mass is 79.9. The number of nitrogens with zero attached hydrogens (tertiary/aromatic N) is 2. The van der Waals surface area contributed by atoms with Crippen molar-refractivity contribution in [3.8, 4) is 0 Å². The quantitative estimate of drug-likeness (QED) is 0.849. The van der Waals surface area contributed by atoms with Crippen molar-refractivity contribution in [1.29, 1.82) is 0 Å². The van der Waals surface area contributed by atoms with E-state index in [0.29, 0.717) is 6.04 Å². The van der Waals surface area contributed by atoms with Crippen LogP contribution in [0.1, 0.15) is 25.1 Å². The molecule has 1 N–H and O–H groups in total. The fourth-order valence-corrected chi connectivity index (χ4v) is 3.07. The van der Waals surface area contributed by atoms with Crippen LogP contribution in [0.25, 0.3) is 0 Å². The van der Waals surface area contributed by atoms with Gasteiger partial charge in [-0.2, -0.15) is 0 Å². The van der Waals surface area contributed by atoms with E-state index in [9.17, 15) is 0 Å². The number of aromatic nitrogens is 1. The zero-order valence-electron chi connectivity index (χ0n) is 12.1. The lowest BCUT2D eigenvalue weighted by molar-refractivity contribution is 0.581. The molecule has 2 rings (SSSR count). The van der Waals surface area contributed by atoms with E-state index in [-0.39, 0.29) is 0 Å². The van der Waals surface area contributed by atoms with Crippen LogP contribution in [0.5, 0.6) is 0 Å². The van der Waals surface area contributed by atoms with Gasteiger partial charge in [0.2, 0.25) is 0 Å². The van der Waals surface area contributed by atoms with Gasteiger partial charge in [-0.15, -0.1) is 11.3 Å². The van der Waals surface area contributed by atoms with Gasteiger partial charge in [-0.3, -0.25) is 0 Å². The predicted molar refractivity (Wildman–Crippen MR) is 90.3 cm³/mol. The third kappa shape index (κ3) is 4.58. The molecule has 0 saturated carbocycles. The summed E-state index contributed by atoms with van der Waals surface area (Å²) < 4.78 is 1.17. The monoisotopic (exact) mass is 353 g/mol. The van der Waals surface area contributed by atoms with Crippen molar-refractivity contribution in [2.45, 2.75) is 33.0 Å². The number of pyridine rings is 1. The highest BCUT2D eigenvalue weighted by Crippen LogP contribution is 2.22. The van der Waals surface area contributed by atoms with Crippen LogP contribution in [0.2, 0.25) is 0 Å². The maximum Gasteiger partial charge on any atom is 0.128 e. The molecule has 20 heavy (non-hydrogen) atoms. The lowest BCUT2D eigenvalue weighted by Crippen LogP contribution is -2.23. The number of nitrogens with one attached hydrogen (secondary N) is 1. The van der Waals surface area contributed by atoms with E-state index in [0.717, 1.165) is 24.6 Å². The van der Waals surface area contributed by atoms with Crippen molar-refractivity contribution in [2.75, 3.05) is 11.9 Å². The predicted octanol–water partition coefficient (Wildman–Crippen LogP) is 4.04. The normalized spacial score (nSPS) is 11.1. The lowest BCUT2D eigenvalue weighted by atomic mass is 10.3. The molecule has 5 heteroatoms. The highest BCUT2D eigenvalue weighted by molar-refractivity contribution is 9.11. The molecule has 0 spiro atoms. The molecule has 2 aromatic heterocycles. The molecule has 0 aromatic carbocycles. The molecule has 0 aliphatic carbocycles. The van der Waals surface area contributed by atoms with E-state index >= 15 is 0 Å². The Morgan fingerprint density at radius 2 is 2.20 bits per heavy atom. The number of hydrogen-bond donors (Lipinski definition) is 1. The van der Waals surface area contributed by atoms with Crippen LogP contribution >= 0.6 is 27.3 Å². The maximum absolute atomic E-state index is 4.70. The molecular weight excluding hydrogens is 334 g/mol. The summed E-state index contributed by atoms with van der Waals surface area (Å²) in [4.78, 5) is 6.88. The molecule has 0 radical (unpaired) electrons. The molecule has 0 aliphatic heterocycles. The zero-order valence-corrected chi connectivity index (χ0v) is 14.5. The summed E-state index contributed by atoms with van der Waals surface area (Å²) >= 11 is 5.22. The standard InChI is InChI=1S/C15H20BrN3S/c1-11(2)17-8-13-5-4-6-15(18-13)19(3)9-12-7-14(16)20-10-12/h4-7,10-11,17H,8-9H2,1-3H3. The van der Waals surface area contributed by atoms with Crippen molar-refractivity contribution in [3.05, 3.63) is 44.7 Å². The second-order valence-corrected chi connectivity index (χ2v) is 7.43. The average molecular weight is 354 g/mol. The summed E-state index contributed by atoms with van der Waals surface area (Å²) in [6, 6.07) is 8.82. The SMILES string of the molecule is CC(C)NCc1cccc(N(C)Cc2csc(Br)c2)n1. The van der Waals surface area contributed by atoms with Gasteiger partial charge in [0, 0.05) is 26.2 Å². The highest BCUT2D eigenvalue weighted by Gasteiger charge is 2.06. The molecule has 0 saturated heterocycles. The first-order chi connectivity index (χ1) is 9.54. The van der Waals surface area contributed by atoms with Crippen LogP contribution in [-0.2, 0) is 13.1 Å². The Kier molecular flexibility index (Phi) is 5.57. The van der Waals surface area contributed by atoms with Crippen molar-refractivity contribution in [2.24, 2.45) is 0 Å². The summed E-state index contributed by atoms with van der Waals surface area (Å²) in [6.45, 7) is 5.97. The summed E-state index contributed by atoms with van der Waals surface area (Å²) in [5.41, 5.74) is 2.38. The first kappa shape index (κ1) is 15.5. The average Bonchev–Trinajstić information content (AvgIpc) is 2.82. The summed E-state index contributed by atoms with van der Waals surface area (Å²) in [6.07, 6.45) is 0. The minimum absolute atomic E-state index is 0.473. The van der Waals surface area contributed by atoms with Gasteiger partial charge in [-0.1, -0.05) is 19.9 Å². The van der Waals surface area contributed by atoms with Gasteiger partial charge in [0.1, 0.15) is 5.82 Å². The number of hydrogen-bond acceptors (Lipinski definition) is 4. The van der Waals surface area contributed by atoms with Gasteiger partial charge >= 0.3 is 0 Å². The second kappa shape index (κ2) is 7.20. The topological polar surface area (TPSA) is 28.2 Å². The van der Waals surface area contributed by atoms with E-state index < -0.39 is 0 Å². The first-order valence-electron chi connectivity index (χ1n) is 6.68. The van der Waals surface area contributed by atoms with Gasteiger partial charge in [-0.25, -0.2) is 4.98 Å². The number of anilines is 1. The lowest BCUT2D eigenvalue weighted by Gasteiger charge is -2.18. The number of thiophene rings is 1. The molecule has 0 amide bonds. The molecule has 108 valence electrons. The minimum atomic E-state index is 0.473. The fourth-order valence-electron chi connectivity index (χ4n) is 1.87. The molecule has 0 aliphatic rings. The summed E-state index contributed by atoms with van der Waals surface area (Å²) in [7, 11) is 2.08. The molecule has 3 nitrogen and oxygen atoms in total. The van der Waals surface area contributed by atoms with E-state index in [2.05, 4.69) is 76.7 Å². The van der Waals surface area contributed by atoms with Crippen molar-refractivity contribution in [3.63, 3.8) is 0 Å². The maximum atomic E-state index is 4.70. The second-order valence-electron chi connectivity index (χ2n) is 5.14. The smallest absolute Gasteiger partial charge is 0.128 e. The Morgan fingerprint density at radius 1 is 1.40 bits per heavy atom. The molecule has 0 bridgehead atoms. The largest absolute Gasteiger partial charge is 0.355 e. The van der Waals surface area contributed by atoms with E-state index in [1.165, 1.54) is 9.35 Å². The fraction of sp³-hybridized carbons (Fsp3) is 0.400. The Morgan fingerprint density at radius 3 is 2.85 bits per heavy atom. The molecular formula is C15H20BrN3S. The van der Waals surface area contributed by atoms with Crippen LogP contribution in [-0.4, -0.2) is 18.1 Å². The minimum Gasteiger partial charge on any atom is -0.355 e. The molecule has 2 heterocycles. The van der Waals surface area contributed by atoms with Gasteiger partial charge in [0.15, 0.2) is 0 Å². The Hall–Kier alpha value is -0.910. The third-order valence-electron chi connectivity index (χ3n) is 2.92. The van der Waals surface area contributed by atoms with Crippen molar-refractivity contribution in [1.82, 2.24) is 10.3 Å². The van der Waals surface area contributed by atoms with Gasteiger partial charge in [0.05, 0.1) is 9.48 Å². The van der Waals surface area contributed by atoms with E-state index in [4.69, 9.17) is 4.98 Å². The summed E-state index contributed by atoms with van der Waals surface area (Å²) in [5.74, 6) is 1.01. The molecule has 0 atom stereocenters. The van der Waals surface area contributed by atoms with Gasteiger partial charge < -0.3 is 10.2 Å². The van der Waals surface area contributed by atoms with Crippen LogP contribution in [0.4, 0.5) is 5.82 Å². The molecule has 0 fully saturated rings. The van der Waals surface area contributed by atoms with Crippen LogP contribution < -0.4 is 10.2 Å². The molecule has 2 aromatic rings. The third-order valence-corrected chi connectivity index (χ3v) is 4.47. The van der Waals surface area contributed by atoms with Crippen molar-refractivity contribution < 1.29 is 0 Å². The summed E-state index contributed by atoms with van der Waals surface area (Å²) in [5, 5.41) is 5.57. The van der Waals surface area contributed by atoms with Gasteiger partial charge in [-0.05, 0) is 45.1 Å².